The van der Waals surface area contributed by atoms with Crippen LogP contribution in [0.2, 0.25) is 0 Å². The van der Waals surface area contributed by atoms with Gasteiger partial charge >= 0.3 is 0 Å². The molecule has 1 aliphatic rings. The van der Waals surface area contributed by atoms with Crippen molar-refractivity contribution in [3.8, 4) is 6.07 Å². The smallest absolute Gasteiger partial charge is 0.107 e. The Labute approximate surface area is 95.7 Å². The van der Waals surface area contributed by atoms with Gasteiger partial charge < -0.3 is 5.11 Å². The van der Waals surface area contributed by atoms with E-state index in [-0.39, 0.29) is 22.4 Å². The molecule has 0 fully saturated rings. The van der Waals surface area contributed by atoms with E-state index >= 15 is 0 Å². The fourth-order valence-corrected chi connectivity index (χ4v) is 1.49. The Morgan fingerprint density at radius 3 is 2.29 bits per heavy atom. The van der Waals surface area contributed by atoms with E-state index in [4.69, 9.17) is 5.26 Å². The molecule has 1 aliphatic carbocycles. The van der Waals surface area contributed by atoms with Crippen molar-refractivity contribution in [1.82, 2.24) is 0 Å². The highest BCUT2D eigenvalue weighted by molar-refractivity contribution is 8.93. The first-order valence-corrected chi connectivity index (χ1v) is 4.40. The van der Waals surface area contributed by atoms with Crippen molar-refractivity contribution in [2.24, 2.45) is 11.3 Å². The first-order chi connectivity index (χ1) is 5.92. The number of nitriles is 1. The molecule has 0 aromatic heterocycles. The maximum Gasteiger partial charge on any atom is 0.107 e. The van der Waals surface area contributed by atoms with Crippen molar-refractivity contribution in [2.75, 3.05) is 0 Å². The summed E-state index contributed by atoms with van der Waals surface area (Å²) in [6.07, 6.45) is 7.04. The molecule has 0 saturated carbocycles. The largest absolute Gasteiger partial charge is 0.384 e. The van der Waals surface area contributed by atoms with E-state index in [0.29, 0.717) is 0 Å². The fraction of sp³-hybridized carbons (Fsp3) is 0.545. The Balaban J connectivity index is 0.00000169. The highest BCUT2D eigenvalue weighted by Gasteiger charge is 2.44. The van der Waals surface area contributed by atoms with Crippen molar-refractivity contribution in [3.05, 3.63) is 24.3 Å². The number of rotatable bonds is 0. The first kappa shape index (κ1) is 13.4. The average molecular weight is 258 g/mol. The number of aliphatic hydroxyl groups is 1. The van der Waals surface area contributed by atoms with Crippen molar-refractivity contribution in [3.63, 3.8) is 0 Å². The highest BCUT2D eigenvalue weighted by atomic mass is 79.9. The van der Waals surface area contributed by atoms with Crippen LogP contribution in [-0.4, -0.2) is 10.7 Å². The topological polar surface area (TPSA) is 44.0 Å². The highest BCUT2D eigenvalue weighted by Crippen LogP contribution is 2.39. The number of hydrogen-bond acceptors (Lipinski definition) is 2. The average Bonchev–Trinajstić information content (AvgIpc) is 2.03. The molecule has 0 radical (unpaired) electrons. The molecule has 0 aromatic carbocycles. The summed E-state index contributed by atoms with van der Waals surface area (Å²) in [5.74, 6) is -0.447. The predicted octanol–water partition coefficient (Wildman–Crippen LogP) is 2.61. The molecular weight excluding hydrogens is 242 g/mol. The molecule has 0 amide bonds. The van der Waals surface area contributed by atoms with Gasteiger partial charge in [-0.15, -0.1) is 17.0 Å². The van der Waals surface area contributed by atoms with Crippen LogP contribution in [0.15, 0.2) is 24.3 Å². The van der Waals surface area contributed by atoms with E-state index < -0.39 is 11.5 Å². The molecule has 2 nitrogen and oxygen atoms in total. The molecule has 2 unspecified atom stereocenters. The molecule has 0 bridgehead atoms. The molecule has 0 saturated heterocycles. The predicted molar refractivity (Wildman–Crippen MR) is 62.1 cm³/mol. The maximum atomic E-state index is 10.3. The monoisotopic (exact) mass is 257 g/mol. The van der Waals surface area contributed by atoms with Crippen LogP contribution < -0.4 is 0 Å². The molecule has 14 heavy (non-hydrogen) atoms. The summed E-state index contributed by atoms with van der Waals surface area (Å²) in [6, 6.07) is 2.11. The zero-order chi connectivity index (χ0) is 10.1. The number of hydrogen-bond donors (Lipinski definition) is 1. The zero-order valence-corrected chi connectivity index (χ0v) is 10.4. The fourth-order valence-electron chi connectivity index (χ4n) is 1.49. The van der Waals surface area contributed by atoms with Gasteiger partial charge in [-0.1, -0.05) is 45.1 Å². The van der Waals surface area contributed by atoms with E-state index in [1.165, 1.54) is 0 Å². The lowest BCUT2D eigenvalue weighted by Crippen LogP contribution is -2.47. The van der Waals surface area contributed by atoms with Crippen LogP contribution in [0.4, 0.5) is 0 Å². The quantitative estimate of drug-likeness (QED) is 0.725. The Morgan fingerprint density at radius 1 is 1.36 bits per heavy atom. The summed E-state index contributed by atoms with van der Waals surface area (Å²) in [4.78, 5) is 0. The molecule has 1 rings (SSSR count). The van der Waals surface area contributed by atoms with Gasteiger partial charge in [0.1, 0.15) is 5.60 Å². The van der Waals surface area contributed by atoms with Crippen LogP contribution >= 0.6 is 17.0 Å². The Bertz CT molecular complexity index is 295. The van der Waals surface area contributed by atoms with Crippen molar-refractivity contribution in [1.29, 1.82) is 5.26 Å². The molecule has 0 aliphatic heterocycles. The zero-order valence-electron chi connectivity index (χ0n) is 8.69. The SMILES string of the molecule is Br.CC(C)(C)C1(O)C=CC=CC1C#N. The lowest BCUT2D eigenvalue weighted by atomic mass is 9.68. The van der Waals surface area contributed by atoms with Crippen LogP contribution in [0.5, 0.6) is 0 Å². The summed E-state index contributed by atoms with van der Waals surface area (Å²) in [7, 11) is 0. The van der Waals surface area contributed by atoms with Crippen molar-refractivity contribution in [2.45, 2.75) is 26.4 Å². The third-order valence-electron chi connectivity index (χ3n) is 2.58. The summed E-state index contributed by atoms with van der Waals surface area (Å²) in [5.41, 5.74) is -1.37. The van der Waals surface area contributed by atoms with Crippen LogP contribution in [0.3, 0.4) is 0 Å². The van der Waals surface area contributed by atoms with E-state index in [2.05, 4.69) is 6.07 Å². The molecule has 1 N–H and O–H groups in total. The van der Waals surface area contributed by atoms with Gasteiger partial charge in [-0.05, 0) is 5.41 Å². The standard InChI is InChI=1S/C11H15NO.BrH/c1-10(2,3)11(13)7-5-4-6-9(11)8-12;/h4-7,9,13H,1-3H3;1H. The second kappa shape index (κ2) is 4.29. The Morgan fingerprint density at radius 2 is 1.93 bits per heavy atom. The van der Waals surface area contributed by atoms with E-state index in [0.717, 1.165) is 0 Å². The normalized spacial score (nSPS) is 30.6. The van der Waals surface area contributed by atoms with Gasteiger partial charge in [0, 0.05) is 0 Å². The third kappa shape index (κ3) is 2.08. The van der Waals surface area contributed by atoms with Gasteiger partial charge in [0.05, 0.1) is 12.0 Å². The molecule has 3 heteroatoms. The van der Waals surface area contributed by atoms with Crippen LogP contribution in [0.25, 0.3) is 0 Å². The molecule has 78 valence electrons. The third-order valence-corrected chi connectivity index (χ3v) is 2.58. The molecule has 2 atom stereocenters. The summed E-state index contributed by atoms with van der Waals surface area (Å²) in [5, 5.41) is 19.2. The number of nitrogens with zero attached hydrogens (tertiary/aromatic N) is 1. The minimum Gasteiger partial charge on any atom is -0.384 e. The van der Waals surface area contributed by atoms with Gasteiger partial charge in [0.15, 0.2) is 0 Å². The minimum atomic E-state index is -1.05. The second-order valence-electron chi connectivity index (χ2n) is 4.43. The van der Waals surface area contributed by atoms with E-state index in [1.807, 2.05) is 20.8 Å². The van der Waals surface area contributed by atoms with Gasteiger partial charge in [-0.3, -0.25) is 0 Å². The molecule has 0 aromatic rings. The summed E-state index contributed by atoms with van der Waals surface area (Å²) >= 11 is 0. The van der Waals surface area contributed by atoms with Crippen molar-refractivity contribution < 1.29 is 5.11 Å². The molecule has 0 spiro atoms. The van der Waals surface area contributed by atoms with Crippen LogP contribution in [0, 0.1) is 22.7 Å². The first-order valence-electron chi connectivity index (χ1n) is 4.40. The van der Waals surface area contributed by atoms with E-state index in [9.17, 15) is 5.11 Å². The van der Waals surface area contributed by atoms with E-state index in [1.54, 1.807) is 24.3 Å². The van der Waals surface area contributed by atoms with Crippen LogP contribution in [-0.2, 0) is 0 Å². The van der Waals surface area contributed by atoms with Gasteiger partial charge in [0.25, 0.3) is 0 Å². The van der Waals surface area contributed by atoms with Gasteiger partial charge in [0.2, 0.25) is 0 Å². The maximum absolute atomic E-state index is 10.3. The second-order valence-corrected chi connectivity index (χ2v) is 4.43. The number of allylic oxidation sites excluding steroid dienone is 2. The Kier molecular flexibility index (Phi) is 4.11. The molecule has 0 heterocycles. The minimum absolute atomic E-state index is 0. The Hall–Kier alpha value is -0.590. The van der Waals surface area contributed by atoms with Crippen LogP contribution in [0.1, 0.15) is 20.8 Å². The lowest BCUT2D eigenvalue weighted by Gasteiger charge is -2.41. The van der Waals surface area contributed by atoms with Crippen molar-refractivity contribution >= 4 is 17.0 Å². The number of halogens is 1. The van der Waals surface area contributed by atoms with Gasteiger partial charge in [-0.25, -0.2) is 0 Å². The molecular formula is C11H16BrNO. The summed E-state index contributed by atoms with van der Waals surface area (Å²) in [6.45, 7) is 5.79. The lowest BCUT2D eigenvalue weighted by molar-refractivity contribution is -0.0337. The summed E-state index contributed by atoms with van der Waals surface area (Å²) < 4.78 is 0. The van der Waals surface area contributed by atoms with Gasteiger partial charge in [-0.2, -0.15) is 5.26 Å².